The first-order valence-electron chi connectivity index (χ1n) is 6.90. The van der Waals surface area contributed by atoms with Crippen LogP contribution in [0.2, 0.25) is 0 Å². The third kappa shape index (κ3) is 5.00. The van der Waals surface area contributed by atoms with Gasteiger partial charge in [0.2, 0.25) is 0 Å². The van der Waals surface area contributed by atoms with Gasteiger partial charge in [-0.1, -0.05) is 17.7 Å². The molecule has 1 fully saturated rings. The zero-order chi connectivity index (χ0) is 13.7. The van der Waals surface area contributed by atoms with E-state index in [2.05, 4.69) is 46.4 Å². The summed E-state index contributed by atoms with van der Waals surface area (Å²) in [6.07, 6.45) is 7.20. The monoisotopic (exact) mass is 323 g/mol. The van der Waals surface area contributed by atoms with E-state index in [9.17, 15) is 0 Å². The van der Waals surface area contributed by atoms with E-state index in [0.717, 1.165) is 35.7 Å². The van der Waals surface area contributed by atoms with Gasteiger partial charge in [0, 0.05) is 6.04 Å². The van der Waals surface area contributed by atoms with Crippen LogP contribution >= 0.6 is 15.9 Å². The number of nitrogens with one attached hydrogen (secondary N) is 1. The van der Waals surface area contributed by atoms with Crippen LogP contribution in [-0.4, -0.2) is 19.7 Å². The molecule has 0 aromatic heterocycles. The van der Waals surface area contributed by atoms with E-state index in [-0.39, 0.29) is 0 Å². The Morgan fingerprint density at radius 2 is 2.26 bits per heavy atom. The fourth-order valence-electron chi connectivity index (χ4n) is 2.11. The Morgan fingerprint density at radius 3 is 2.89 bits per heavy atom. The number of ether oxygens (including phenoxy) is 1. The molecular weight excluding hydrogens is 302 g/mol. The highest BCUT2D eigenvalue weighted by atomic mass is 79.9. The summed E-state index contributed by atoms with van der Waals surface area (Å²) < 4.78 is 6.27. The van der Waals surface area contributed by atoms with Gasteiger partial charge < -0.3 is 10.1 Å². The van der Waals surface area contributed by atoms with Crippen LogP contribution in [0.5, 0.6) is 5.75 Å². The lowest BCUT2D eigenvalue weighted by molar-refractivity contribution is 0.412. The summed E-state index contributed by atoms with van der Waals surface area (Å²) in [6.45, 7) is 3.31. The minimum Gasteiger partial charge on any atom is -0.496 e. The molecule has 0 saturated heterocycles. The zero-order valence-corrected chi connectivity index (χ0v) is 13.3. The van der Waals surface area contributed by atoms with E-state index in [0.29, 0.717) is 0 Å². The smallest absolute Gasteiger partial charge is 0.133 e. The Kier molecular flexibility index (Phi) is 5.46. The molecule has 1 aliphatic carbocycles. The molecule has 3 heteroatoms. The van der Waals surface area contributed by atoms with Gasteiger partial charge in [0.15, 0.2) is 0 Å². The third-order valence-electron chi connectivity index (χ3n) is 3.35. The average Bonchev–Trinajstić information content (AvgIpc) is 3.19. The number of halogens is 1. The molecule has 1 aromatic rings. The molecule has 0 amide bonds. The van der Waals surface area contributed by atoms with Crippen molar-refractivity contribution < 1.29 is 4.74 Å². The lowest BCUT2D eigenvalue weighted by atomic mass is 10.1. The summed E-state index contributed by atoms with van der Waals surface area (Å²) >= 11 is 3.53. The first-order chi connectivity index (χ1) is 9.19. The number of methoxy groups -OCH3 is 1. The Balaban J connectivity index is 1.81. The van der Waals surface area contributed by atoms with Gasteiger partial charge in [-0.25, -0.2) is 0 Å². The fraction of sp³-hybridized carbons (Fsp3) is 0.500. The highest BCUT2D eigenvalue weighted by molar-refractivity contribution is 9.10. The van der Waals surface area contributed by atoms with Crippen molar-refractivity contribution in [1.29, 1.82) is 0 Å². The first-order valence-corrected chi connectivity index (χ1v) is 7.70. The van der Waals surface area contributed by atoms with Crippen LogP contribution in [0, 0.1) is 0 Å². The molecular formula is C16H22BrNO. The van der Waals surface area contributed by atoms with E-state index in [1.54, 1.807) is 7.11 Å². The van der Waals surface area contributed by atoms with Crippen molar-refractivity contribution in [2.24, 2.45) is 0 Å². The molecule has 0 unspecified atom stereocenters. The quantitative estimate of drug-likeness (QED) is 0.602. The molecule has 0 heterocycles. The second kappa shape index (κ2) is 7.11. The molecule has 1 aliphatic rings. The van der Waals surface area contributed by atoms with Gasteiger partial charge in [-0.3, -0.25) is 0 Å². The molecule has 0 aliphatic heterocycles. The summed E-state index contributed by atoms with van der Waals surface area (Å²) in [7, 11) is 1.69. The largest absolute Gasteiger partial charge is 0.496 e. The lowest BCUT2D eigenvalue weighted by Crippen LogP contribution is -2.16. The van der Waals surface area contributed by atoms with Crippen molar-refractivity contribution in [1.82, 2.24) is 5.32 Å². The van der Waals surface area contributed by atoms with Crippen LogP contribution in [0.25, 0.3) is 0 Å². The van der Waals surface area contributed by atoms with Crippen LogP contribution in [0.1, 0.15) is 31.7 Å². The first kappa shape index (κ1) is 14.6. The predicted octanol–water partition coefficient (Wildman–Crippen LogP) is 4.09. The molecule has 2 nitrogen and oxygen atoms in total. The minimum atomic E-state index is 0.811. The maximum absolute atomic E-state index is 5.24. The van der Waals surface area contributed by atoms with Crippen LogP contribution in [0.15, 0.2) is 34.3 Å². The molecule has 19 heavy (non-hydrogen) atoms. The number of hydrogen-bond acceptors (Lipinski definition) is 2. The lowest BCUT2D eigenvalue weighted by Gasteiger charge is -2.07. The summed E-state index contributed by atoms with van der Waals surface area (Å²) in [6, 6.07) is 7.09. The molecule has 1 saturated carbocycles. The maximum Gasteiger partial charge on any atom is 0.133 e. The highest BCUT2D eigenvalue weighted by Gasteiger charge is 2.19. The zero-order valence-electron chi connectivity index (χ0n) is 11.7. The summed E-state index contributed by atoms with van der Waals surface area (Å²) in [5, 5.41) is 3.53. The third-order valence-corrected chi connectivity index (χ3v) is 3.97. The summed E-state index contributed by atoms with van der Waals surface area (Å²) in [5.41, 5.74) is 2.74. The molecule has 0 radical (unpaired) electrons. The number of allylic oxidation sites excluding steroid dienone is 1. The van der Waals surface area contributed by atoms with Gasteiger partial charge in [0.1, 0.15) is 5.75 Å². The summed E-state index contributed by atoms with van der Waals surface area (Å²) in [4.78, 5) is 0. The van der Waals surface area contributed by atoms with E-state index in [1.165, 1.54) is 24.0 Å². The van der Waals surface area contributed by atoms with Crippen LogP contribution in [0.3, 0.4) is 0 Å². The van der Waals surface area contributed by atoms with Crippen LogP contribution in [0.4, 0.5) is 0 Å². The molecule has 0 spiro atoms. The van der Waals surface area contributed by atoms with Gasteiger partial charge in [-0.2, -0.15) is 0 Å². The van der Waals surface area contributed by atoms with Gasteiger partial charge >= 0.3 is 0 Å². The fourth-order valence-corrected chi connectivity index (χ4v) is 2.70. The van der Waals surface area contributed by atoms with E-state index in [1.807, 2.05) is 6.07 Å². The van der Waals surface area contributed by atoms with Crippen LogP contribution < -0.4 is 10.1 Å². The maximum atomic E-state index is 5.24. The van der Waals surface area contributed by atoms with Crippen molar-refractivity contribution in [2.75, 3.05) is 13.7 Å². The number of rotatable bonds is 7. The SMILES string of the molecule is COc1ccc(CC(C)=CCCNC2CC2)cc1Br. The van der Waals surface area contributed by atoms with Crippen molar-refractivity contribution >= 4 is 15.9 Å². The molecule has 104 valence electrons. The van der Waals surface area contributed by atoms with Crippen molar-refractivity contribution in [2.45, 2.75) is 38.6 Å². The van der Waals surface area contributed by atoms with Gasteiger partial charge in [0.05, 0.1) is 11.6 Å². The molecule has 2 rings (SSSR count). The molecule has 1 aromatic carbocycles. The topological polar surface area (TPSA) is 21.3 Å². The predicted molar refractivity (Wildman–Crippen MR) is 83.8 cm³/mol. The van der Waals surface area contributed by atoms with Crippen molar-refractivity contribution in [3.8, 4) is 5.75 Å². The van der Waals surface area contributed by atoms with Crippen molar-refractivity contribution in [3.05, 3.63) is 39.9 Å². The standard InChI is InChI=1S/C16H22BrNO/c1-12(4-3-9-18-14-6-7-14)10-13-5-8-16(19-2)15(17)11-13/h4-5,8,11,14,18H,3,6-7,9-10H2,1-2H3. The normalized spacial score (nSPS) is 15.6. The Hall–Kier alpha value is -0.800. The highest BCUT2D eigenvalue weighted by Crippen LogP contribution is 2.26. The van der Waals surface area contributed by atoms with E-state index >= 15 is 0 Å². The van der Waals surface area contributed by atoms with E-state index < -0.39 is 0 Å². The van der Waals surface area contributed by atoms with Gasteiger partial charge in [-0.05, 0) is 72.8 Å². The Morgan fingerprint density at radius 1 is 1.47 bits per heavy atom. The second-order valence-corrected chi connectivity index (χ2v) is 6.07. The Labute approximate surface area is 124 Å². The van der Waals surface area contributed by atoms with E-state index in [4.69, 9.17) is 4.74 Å². The average molecular weight is 324 g/mol. The van der Waals surface area contributed by atoms with Crippen molar-refractivity contribution in [3.63, 3.8) is 0 Å². The molecule has 1 N–H and O–H groups in total. The minimum absolute atomic E-state index is 0.811. The number of hydrogen-bond donors (Lipinski definition) is 1. The Bertz CT molecular complexity index is 452. The van der Waals surface area contributed by atoms with Gasteiger partial charge in [0.25, 0.3) is 0 Å². The second-order valence-electron chi connectivity index (χ2n) is 5.21. The summed E-state index contributed by atoms with van der Waals surface area (Å²) in [5.74, 6) is 0.888. The number of benzene rings is 1. The van der Waals surface area contributed by atoms with Crippen LogP contribution in [-0.2, 0) is 6.42 Å². The molecule has 0 bridgehead atoms. The van der Waals surface area contributed by atoms with Gasteiger partial charge in [-0.15, -0.1) is 0 Å². The molecule has 0 atom stereocenters.